The molecule has 0 aliphatic carbocycles. The Kier molecular flexibility index (Phi) is 6.86. The molecule has 1 heterocycles. The summed E-state index contributed by atoms with van der Waals surface area (Å²) in [6.07, 6.45) is -1.48. The molecule has 0 N–H and O–H groups in total. The minimum absolute atomic E-state index is 0.238. The molecular weight excluding hydrogens is 313 g/mol. The van der Waals surface area contributed by atoms with E-state index in [2.05, 4.69) is 10.1 Å². The molecule has 1 atom stereocenters. The fraction of sp³-hybridized carbons (Fsp3) is 0.455. The van der Waals surface area contributed by atoms with Crippen LogP contribution >= 0.6 is 11.3 Å². The highest BCUT2D eigenvalue weighted by atomic mass is 32.2. The van der Waals surface area contributed by atoms with Crippen molar-refractivity contribution in [1.29, 1.82) is 0 Å². The fourth-order valence-electron chi connectivity index (χ4n) is 1.10. The molecule has 0 fully saturated rings. The van der Waals surface area contributed by atoms with E-state index in [4.69, 9.17) is 4.84 Å². The number of hydrogen-bond acceptors (Lipinski definition) is 5. The van der Waals surface area contributed by atoms with Gasteiger partial charge in [-0.15, -0.1) is 11.3 Å². The van der Waals surface area contributed by atoms with Gasteiger partial charge in [-0.05, 0) is 13.8 Å². The summed E-state index contributed by atoms with van der Waals surface area (Å²) in [4.78, 5) is 9.46. The average Bonchev–Trinajstić information content (AvgIpc) is 2.91. The summed E-state index contributed by atoms with van der Waals surface area (Å²) in [5, 5.41) is 3.80. The molecule has 0 saturated carbocycles. The molecule has 1 unspecified atom stereocenters. The van der Waals surface area contributed by atoms with Crippen LogP contribution in [-0.4, -0.2) is 27.3 Å². The third-order valence-electron chi connectivity index (χ3n) is 2.08. The Bertz CT molecular complexity index is 540. The van der Waals surface area contributed by atoms with Gasteiger partial charge >= 0.3 is 6.08 Å². The Labute approximate surface area is 120 Å². The number of nitrogens with zero attached hydrogens (tertiary/aromatic N) is 2. The summed E-state index contributed by atoms with van der Waals surface area (Å²) in [7, 11) is -1.62. The molecule has 1 aromatic heterocycles. The van der Waals surface area contributed by atoms with Gasteiger partial charge in [0.1, 0.15) is 6.61 Å². The molecule has 1 aromatic rings. The first-order valence-electron chi connectivity index (χ1n) is 5.66. The van der Waals surface area contributed by atoms with Crippen LogP contribution in [-0.2, 0) is 15.6 Å². The van der Waals surface area contributed by atoms with Gasteiger partial charge < -0.3 is 4.84 Å². The predicted molar refractivity (Wildman–Crippen MR) is 72.2 cm³/mol. The maximum atomic E-state index is 12.6. The Morgan fingerprint density at radius 2 is 2.20 bits per heavy atom. The second-order valence-electron chi connectivity index (χ2n) is 3.55. The van der Waals surface area contributed by atoms with Crippen molar-refractivity contribution in [2.24, 2.45) is 5.16 Å². The van der Waals surface area contributed by atoms with Crippen molar-refractivity contribution in [1.82, 2.24) is 4.98 Å². The van der Waals surface area contributed by atoms with Gasteiger partial charge in [-0.25, -0.2) is 9.37 Å². The molecule has 0 aromatic carbocycles. The molecule has 4 nitrogen and oxygen atoms in total. The molecule has 0 spiro atoms. The van der Waals surface area contributed by atoms with E-state index in [0.29, 0.717) is 17.2 Å². The monoisotopic (exact) mass is 326 g/mol. The number of hydrogen-bond donors (Lipinski definition) is 0. The van der Waals surface area contributed by atoms with Gasteiger partial charge in [-0.2, -0.15) is 8.78 Å². The smallest absolute Gasteiger partial charge is 0.301 e. The van der Waals surface area contributed by atoms with Gasteiger partial charge in [-0.3, -0.25) is 4.21 Å². The molecule has 0 aliphatic rings. The van der Waals surface area contributed by atoms with Crippen molar-refractivity contribution in [3.05, 3.63) is 23.0 Å². The number of allylic oxidation sites excluding steroid dienone is 1. The molecular formula is C11H13F3N2O2S2. The first-order valence-corrected chi connectivity index (χ1v) is 7.80. The zero-order valence-corrected chi connectivity index (χ0v) is 12.5. The number of aromatic nitrogens is 1. The van der Waals surface area contributed by atoms with Crippen LogP contribution in [0, 0.1) is 0 Å². The van der Waals surface area contributed by atoms with Gasteiger partial charge in [0.25, 0.3) is 0 Å². The average molecular weight is 326 g/mol. The lowest BCUT2D eigenvalue weighted by atomic mass is 10.4. The summed E-state index contributed by atoms with van der Waals surface area (Å²) < 4.78 is 48.4. The van der Waals surface area contributed by atoms with Gasteiger partial charge in [0.15, 0.2) is 10.2 Å². The molecule has 0 bridgehead atoms. The Hall–Kier alpha value is -1.22. The Morgan fingerprint density at radius 3 is 2.80 bits per heavy atom. The van der Waals surface area contributed by atoms with E-state index >= 15 is 0 Å². The first kappa shape index (κ1) is 16.8. The zero-order chi connectivity index (χ0) is 15.1. The lowest BCUT2D eigenvalue weighted by Crippen LogP contribution is -1.98. The number of halogens is 3. The van der Waals surface area contributed by atoms with Crippen LogP contribution in [0.2, 0.25) is 0 Å². The van der Waals surface area contributed by atoms with E-state index in [1.54, 1.807) is 13.8 Å². The van der Waals surface area contributed by atoms with E-state index in [0.717, 1.165) is 11.3 Å². The summed E-state index contributed by atoms with van der Waals surface area (Å²) in [6.45, 7) is 3.92. The number of rotatable bonds is 7. The van der Waals surface area contributed by atoms with Crippen LogP contribution in [0.5, 0.6) is 0 Å². The quantitative estimate of drug-likeness (QED) is 0.569. The minimum Gasteiger partial charge on any atom is -0.396 e. The van der Waals surface area contributed by atoms with Crippen LogP contribution in [0.4, 0.5) is 13.2 Å². The van der Waals surface area contributed by atoms with Gasteiger partial charge in [0.2, 0.25) is 0 Å². The Morgan fingerprint density at radius 1 is 1.50 bits per heavy atom. The van der Waals surface area contributed by atoms with Crippen molar-refractivity contribution < 1.29 is 22.2 Å². The minimum atomic E-state index is -2.37. The van der Waals surface area contributed by atoms with E-state index in [1.165, 1.54) is 6.20 Å². The summed E-state index contributed by atoms with van der Waals surface area (Å²) in [5.74, 6) is -1.78. The van der Waals surface area contributed by atoms with Crippen LogP contribution in [0.1, 0.15) is 25.1 Å². The van der Waals surface area contributed by atoms with Crippen molar-refractivity contribution in [2.75, 3.05) is 12.4 Å². The highest BCUT2D eigenvalue weighted by Gasteiger charge is 2.14. The molecule has 0 saturated heterocycles. The lowest BCUT2D eigenvalue weighted by molar-refractivity contribution is 0.159. The number of thiazole rings is 1. The summed E-state index contributed by atoms with van der Waals surface area (Å²) >= 11 is 1.11. The van der Waals surface area contributed by atoms with Gasteiger partial charge in [-0.1, -0.05) is 5.16 Å². The van der Waals surface area contributed by atoms with Gasteiger partial charge in [0.05, 0.1) is 21.4 Å². The van der Waals surface area contributed by atoms with E-state index in [1.807, 2.05) is 0 Å². The van der Waals surface area contributed by atoms with E-state index < -0.39 is 29.1 Å². The standard InChI is InChI=1S/C11H13F3N2O2S2/c1-3-18-16-7(2)9-6-15-11(19-9)20(17)5-4-8(12)10(13)14/h6H,3-5H2,1-2H3/b16-7+. The maximum Gasteiger partial charge on any atom is 0.301 e. The molecule has 0 radical (unpaired) electrons. The first-order chi connectivity index (χ1) is 9.45. The summed E-state index contributed by atoms with van der Waals surface area (Å²) in [6, 6.07) is 0. The Balaban J connectivity index is 2.67. The van der Waals surface area contributed by atoms with Crippen molar-refractivity contribution in [2.45, 2.75) is 24.6 Å². The molecule has 1 rings (SSSR count). The van der Waals surface area contributed by atoms with Crippen molar-refractivity contribution in [3.8, 4) is 0 Å². The summed E-state index contributed by atoms with van der Waals surface area (Å²) in [5.41, 5.74) is 0.577. The second kappa shape index (κ2) is 8.15. The van der Waals surface area contributed by atoms with E-state index in [-0.39, 0.29) is 10.1 Å². The second-order valence-corrected chi connectivity index (χ2v) is 6.32. The topological polar surface area (TPSA) is 51.6 Å². The van der Waals surface area contributed by atoms with Crippen LogP contribution in [0.3, 0.4) is 0 Å². The number of oxime groups is 1. The SMILES string of the molecule is CCO/N=C(\C)c1cnc(S(=O)CCC(F)=C(F)F)s1. The molecule has 20 heavy (non-hydrogen) atoms. The largest absolute Gasteiger partial charge is 0.396 e. The van der Waals surface area contributed by atoms with Crippen LogP contribution in [0.25, 0.3) is 0 Å². The van der Waals surface area contributed by atoms with Crippen LogP contribution in [0.15, 0.2) is 27.6 Å². The van der Waals surface area contributed by atoms with Crippen molar-refractivity contribution >= 4 is 27.8 Å². The predicted octanol–water partition coefficient (Wildman–Crippen LogP) is 3.48. The third-order valence-corrected chi connectivity index (χ3v) is 4.86. The molecule has 9 heteroatoms. The normalized spacial score (nSPS) is 13.2. The maximum absolute atomic E-state index is 12.6. The molecule has 0 amide bonds. The van der Waals surface area contributed by atoms with Gasteiger partial charge in [0, 0.05) is 18.4 Å². The van der Waals surface area contributed by atoms with Crippen molar-refractivity contribution in [3.63, 3.8) is 0 Å². The lowest BCUT2D eigenvalue weighted by Gasteiger charge is -1.97. The van der Waals surface area contributed by atoms with Crippen LogP contribution < -0.4 is 0 Å². The highest BCUT2D eigenvalue weighted by Crippen LogP contribution is 2.20. The zero-order valence-electron chi connectivity index (χ0n) is 10.9. The fourth-order valence-corrected chi connectivity index (χ4v) is 3.29. The highest BCUT2D eigenvalue weighted by molar-refractivity contribution is 7.87. The molecule has 112 valence electrons. The third kappa shape index (κ3) is 5.04. The molecule has 0 aliphatic heterocycles. The van der Waals surface area contributed by atoms with E-state index in [9.17, 15) is 17.4 Å².